The molecule has 0 aliphatic rings. The van der Waals surface area contributed by atoms with Crippen molar-refractivity contribution in [2.45, 2.75) is 32.6 Å². The van der Waals surface area contributed by atoms with E-state index in [1.165, 1.54) is 5.56 Å². The maximum absolute atomic E-state index is 12.4. The molecule has 0 saturated heterocycles. The summed E-state index contributed by atoms with van der Waals surface area (Å²) in [6, 6.07) is 13.5. The van der Waals surface area contributed by atoms with Gasteiger partial charge in [-0.15, -0.1) is 0 Å². The van der Waals surface area contributed by atoms with E-state index in [1.807, 2.05) is 36.4 Å². The van der Waals surface area contributed by atoms with Crippen LogP contribution in [0.25, 0.3) is 0 Å². The standard InChI is InChI=1S/C20H25NO3/c1-5-14(2)16-8-6-7-9-17(16)21-20(22)13-15-10-11-18(23-3)19(12-15)24-4/h6-12,14H,5,13H2,1-4H3,(H,21,22)/t14-/m0/s1. The maximum atomic E-state index is 12.4. The number of carbonyl (C=O) groups is 1. The SMILES string of the molecule is CC[C@H](C)c1ccccc1NC(=O)Cc1ccc(OC)c(OC)c1. The molecule has 1 amide bonds. The summed E-state index contributed by atoms with van der Waals surface area (Å²) in [4.78, 5) is 12.4. The highest BCUT2D eigenvalue weighted by Crippen LogP contribution is 2.29. The number of nitrogens with one attached hydrogen (secondary N) is 1. The van der Waals surface area contributed by atoms with E-state index in [2.05, 4.69) is 25.2 Å². The van der Waals surface area contributed by atoms with Crippen LogP contribution in [0.2, 0.25) is 0 Å². The van der Waals surface area contributed by atoms with E-state index >= 15 is 0 Å². The first kappa shape index (κ1) is 17.9. The Morgan fingerprint density at radius 1 is 1.08 bits per heavy atom. The van der Waals surface area contributed by atoms with E-state index in [0.29, 0.717) is 17.4 Å². The fourth-order valence-corrected chi connectivity index (χ4v) is 2.63. The highest BCUT2D eigenvalue weighted by molar-refractivity contribution is 5.93. The van der Waals surface area contributed by atoms with Crippen molar-refractivity contribution in [3.05, 3.63) is 53.6 Å². The van der Waals surface area contributed by atoms with Crippen LogP contribution < -0.4 is 14.8 Å². The third kappa shape index (κ3) is 4.28. The van der Waals surface area contributed by atoms with Gasteiger partial charge < -0.3 is 14.8 Å². The van der Waals surface area contributed by atoms with Gasteiger partial charge in [-0.2, -0.15) is 0 Å². The predicted molar refractivity (Wildman–Crippen MR) is 97.0 cm³/mol. The average molecular weight is 327 g/mol. The molecule has 4 heteroatoms. The minimum Gasteiger partial charge on any atom is -0.493 e. The summed E-state index contributed by atoms with van der Waals surface area (Å²) in [5, 5.41) is 3.03. The number of amides is 1. The van der Waals surface area contributed by atoms with Crippen LogP contribution in [0.15, 0.2) is 42.5 Å². The topological polar surface area (TPSA) is 47.6 Å². The molecule has 0 aromatic heterocycles. The van der Waals surface area contributed by atoms with E-state index in [9.17, 15) is 4.79 Å². The number of carbonyl (C=O) groups excluding carboxylic acids is 1. The highest BCUT2D eigenvalue weighted by Gasteiger charge is 2.12. The number of ether oxygens (including phenoxy) is 2. The number of anilines is 1. The van der Waals surface area contributed by atoms with Crippen LogP contribution in [0, 0.1) is 0 Å². The Kier molecular flexibility index (Phi) is 6.24. The smallest absolute Gasteiger partial charge is 0.228 e. The second-order valence-electron chi connectivity index (χ2n) is 5.81. The first-order chi connectivity index (χ1) is 11.6. The fourth-order valence-electron chi connectivity index (χ4n) is 2.63. The second-order valence-corrected chi connectivity index (χ2v) is 5.81. The van der Waals surface area contributed by atoms with Crippen LogP contribution in [-0.4, -0.2) is 20.1 Å². The van der Waals surface area contributed by atoms with Gasteiger partial charge in [-0.25, -0.2) is 0 Å². The van der Waals surface area contributed by atoms with Gasteiger partial charge in [0, 0.05) is 5.69 Å². The van der Waals surface area contributed by atoms with Gasteiger partial charge in [-0.3, -0.25) is 4.79 Å². The zero-order chi connectivity index (χ0) is 17.5. The zero-order valence-electron chi connectivity index (χ0n) is 14.8. The maximum Gasteiger partial charge on any atom is 0.228 e. The predicted octanol–water partition coefficient (Wildman–Crippen LogP) is 4.40. The Morgan fingerprint density at radius 2 is 1.79 bits per heavy atom. The third-order valence-corrected chi connectivity index (χ3v) is 4.19. The minimum atomic E-state index is -0.0435. The molecule has 0 bridgehead atoms. The van der Waals surface area contributed by atoms with Gasteiger partial charge in [0.15, 0.2) is 11.5 Å². The molecule has 0 spiro atoms. The molecule has 24 heavy (non-hydrogen) atoms. The minimum absolute atomic E-state index is 0.0435. The number of hydrogen-bond acceptors (Lipinski definition) is 3. The molecule has 0 aliphatic carbocycles. The van der Waals surface area contributed by atoms with Gasteiger partial charge in [0.2, 0.25) is 5.91 Å². The third-order valence-electron chi connectivity index (χ3n) is 4.19. The Labute approximate surface area is 143 Å². The average Bonchev–Trinajstić information content (AvgIpc) is 2.61. The molecular weight excluding hydrogens is 302 g/mol. The number of methoxy groups -OCH3 is 2. The van der Waals surface area contributed by atoms with Crippen molar-refractivity contribution in [3.8, 4) is 11.5 Å². The largest absolute Gasteiger partial charge is 0.493 e. The van der Waals surface area contributed by atoms with Crippen molar-refractivity contribution in [3.63, 3.8) is 0 Å². The molecule has 0 radical (unpaired) electrons. The van der Waals surface area contributed by atoms with Crippen LogP contribution in [0.4, 0.5) is 5.69 Å². The van der Waals surface area contributed by atoms with Crippen molar-refractivity contribution in [2.75, 3.05) is 19.5 Å². The molecule has 0 unspecified atom stereocenters. The summed E-state index contributed by atoms with van der Waals surface area (Å²) < 4.78 is 10.5. The van der Waals surface area contributed by atoms with Crippen molar-refractivity contribution in [1.82, 2.24) is 0 Å². The van der Waals surface area contributed by atoms with Crippen LogP contribution in [0.3, 0.4) is 0 Å². The Balaban J connectivity index is 2.12. The monoisotopic (exact) mass is 327 g/mol. The summed E-state index contributed by atoms with van der Waals surface area (Å²) in [5.74, 6) is 1.65. The summed E-state index contributed by atoms with van der Waals surface area (Å²) in [7, 11) is 3.18. The summed E-state index contributed by atoms with van der Waals surface area (Å²) in [5.41, 5.74) is 2.93. The van der Waals surface area contributed by atoms with Crippen LogP contribution in [0.5, 0.6) is 11.5 Å². The first-order valence-electron chi connectivity index (χ1n) is 8.18. The van der Waals surface area contributed by atoms with Gasteiger partial charge in [-0.1, -0.05) is 38.1 Å². The molecular formula is C20H25NO3. The van der Waals surface area contributed by atoms with E-state index in [0.717, 1.165) is 17.7 Å². The van der Waals surface area contributed by atoms with Gasteiger partial charge in [0.1, 0.15) is 0 Å². The van der Waals surface area contributed by atoms with Gasteiger partial charge in [-0.05, 0) is 41.7 Å². The van der Waals surface area contributed by atoms with E-state index in [4.69, 9.17) is 9.47 Å². The number of hydrogen-bond donors (Lipinski definition) is 1. The van der Waals surface area contributed by atoms with Crippen molar-refractivity contribution >= 4 is 11.6 Å². The van der Waals surface area contributed by atoms with Crippen LogP contribution in [-0.2, 0) is 11.2 Å². The summed E-state index contributed by atoms with van der Waals surface area (Å²) >= 11 is 0. The zero-order valence-corrected chi connectivity index (χ0v) is 14.8. The van der Waals surface area contributed by atoms with Crippen molar-refractivity contribution < 1.29 is 14.3 Å². The molecule has 0 fully saturated rings. The number of para-hydroxylation sites is 1. The second kappa shape index (κ2) is 8.39. The molecule has 128 valence electrons. The summed E-state index contributed by atoms with van der Waals surface area (Å²) in [6.45, 7) is 4.31. The normalized spacial score (nSPS) is 11.7. The van der Waals surface area contributed by atoms with Gasteiger partial charge in [0.05, 0.1) is 20.6 Å². The van der Waals surface area contributed by atoms with Crippen LogP contribution >= 0.6 is 0 Å². The molecule has 1 atom stereocenters. The van der Waals surface area contributed by atoms with Crippen molar-refractivity contribution in [1.29, 1.82) is 0 Å². The first-order valence-corrected chi connectivity index (χ1v) is 8.18. The molecule has 2 rings (SSSR count). The lowest BCUT2D eigenvalue weighted by atomic mass is 9.97. The highest BCUT2D eigenvalue weighted by atomic mass is 16.5. The van der Waals surface area contributed by atoms with Crippen molar-refractivity contribution in [2.24, 2.45) is 0 Å². The molecule has 1 N–H and O–H groups in total. The molecule has 0 heterocycles. The quantitative estimate of drug-likeness (QED) is 0.820. The molecule has 2 aromatic rings. The lowest BCUT2D eigenvalue weighted by Gasteiger charge is -2.16. The number of rotatable bonds is 7. The van der Waals surface area contributed by atoms with E-state index in [-0.39, 0.29) is 12.3 Å². The van der Waals surface area contributed by atoms with E-state index in [1.54, 1.807) is 14.2 Å². The Hall–Kier alpha value is -2.49. The van der Waals surface area contributed by atoms with Gasteiger partial charge >= 0.3 is 0 Å². The lowest BCUT2D eigenvalue weighted by Crippen LogP contribution is -2.16. The molecule has 4 nitrogen and oxygen atoms in total. The Morgan fingerprint density at radius 3 is 2.46 bits per heavy atom. The van der Waals surface area contributed by atoms with Crippen LogP contribution in [0.1, 0.15) is 37.3 Å². The Bertz CT molecular complexity index is 697. The molecule has 0 aliphatic heterocycles. The van der Waals surface area contributed by atoms with E-state index < -0.39 is 0 Å². The van der Waals surface area contributed by atoms with Gasteiger partial charge in [0.25, 0.3) is 0 Å². The molecule has 2 aromatic carbocycles. The fraction of sp³-hybridized carbons (Fsp3) is 0.350. The molecule has 0 saturated carbocycles. The lowest BCUT2D eigenvalue weighted by molar-refractivity contribution is -0.115. The number of benzene rings is 2. The summed E-state index contributed by atoms with van der Waals surface area (Å²) in [6.07, 6.45) is 1.32.